The molecule has 2 rings (SSSR count). The van der Waals surface area contributed by atoms with Crippen molar-refractivity contribution >= 4 is 48.9 Å². The number of halogens is 2. The van der Waals surface area contributed by atoms with Crippen LogP contribution in [-0.2, 0) is 6.54 Å². The van der Waals surface area contributed by atoms with Crippen LogP contribution >= 0.6 is 43.2 Å². The summed E-state index contributed by atoms with van der Waals surface area (Å²) in [6, 6.07) is 4.06. The highest BCUT2D eigenvalue weighted by Crippen LogP contribution is 2.23. The van der Waals surface area contributed by atoms with Crippen molar-refractivity contribution in [2.45, 2.75) is 6.54 Å². The molecule has 0 saturated heterocycles. The van der Waals surface area contributed by atoms with Crippen LogP contribution in [0.5, 0.6) is 0 Å². The fourth-order valence-electron chi connectivity index (χ4n) is 1.14. The van der Waals surface area contributed by atoms with Crippen molar-refractivity contribution in [3.8, 4) is 0 Å². The van der Waals surface area contributed by atoms with Crippen LogP contribution in [0, 0.1) is 0 Å². The Morgan fingerprint density at radius 1 is 1.33 bits per heavy atom. The lowest BCUT2D eigenvalue weighted by atomic mass is 10.4. The van der Waals surface area contributed by atoms with E-state index in [2.05, 4.69) is 53.6 Å². The van der Waals surface area contributed by atoms with Crippen molar-refractivity contribution in [3.05, 3.63) is 43.7 Å². The van der Waals surface area contributed by atoms with Crippen molar-refractivity contribution < 1.29 is 0 Å². The molecule has 0 unspecified atom stereocenters. The fourth-order valence-corrected chi connectivity index (χ4v) is 2.94. The van der Waals surface area contributed by atoms with E-state index < -0.39 is 0 Å². The third-order valence-electron chi connectivity index (χ3n) is 1.85. The average Bonchev–Trinajstić information content (AvgIpc) is 2.61. The summed E-state index contributed by atoms with van der Waals surface area (Å²) in [7, 11) is 0. The van der Waals surface area contributed by atoms with Crippen LogP contribution in [0.15, 0.2) is 38.9 Å². The van der Waals surface area contributed by atoms with Crippen LogP contribution in [0.4, 0.5) is 5.69 Å². The first-order chi connectivity index (χ1) is 7.25. The fraction of sp³-hybridized carbons (Fsp3) is 0.100. The third kappa shape index (κ3) is 3.03. The summed E-state index contributed by atoms with van der Waals surface area (Å²) >= 11 is 8.62. The maximum atomic E-state index is 4.09. The molecule has 0 atom stereocenters. The third-order valence-corrected chi connectivity index (χ3v) is 4.21. The zero-order valence-corrected chi connectivity index (χ0v) is 11.7. The van der Waals surface area contributed by atoms with Crippen molar-refractivity contribution in [2.24, 2.45) is 0 Å². The molecule has 1 N–H and O–H groups in total. The molecule has 0 aliphatic carbocycles. The normalized spacial score (nSPS) is 10.3. The number of nitrogens with one attached hydrogen (secondary N) is 1. The number of nitrogens with zero attached hydrogens (tertiary/aromatic N) is 1. The molecular weight excluding hydrogens is 340 g/mol. The first kappa shape index (κ1) is 11.1. The number of anilines is 1. The van der Waals surface area contributed by atoms with E-state index in [0.29, 0.717) is 0 Å². The molecule has 5 heteroatoms. The van der Waals surface area contributed by atoms with E-state index in [-0.39, 0.29) is 0 Å². The Hall–Kier alpha value is -0.390. The van der Waals surface area contributed by atoms with E-state index in [4.69, 9.17) is 0 Å². The molecule has 2 aromatic rings. The van der Waals surface area contributed by atoms with Gasteiger partial charge in [-0.3, -0.25) is 4.98 Å². The SMILES string of the molecule is Brc1cncc(NCc2sccc2Br)c1. The maximum Gasteiger partial charge on any atom is 0.0540 e. The lowest BCUT2D eigenvalue weighted by Crippen LogP contribution is -1.98. The van der Waals surface area contributed by atoms with E-state index in [0.717, 1.165) is 21.2 Å². The van der Waals surface area contributed by atoms with Gasteiger partial charge in [0, 0.05) is 20.0 Å². The van der Waals surface area contributed by atoms with E-state index in [1.165, 1.54) is 4.88 Å². The molecule has 0 saturated carbocycles. The second kappa shape index (κ2) is 5.09. The summed E-state index contributed by atoms with van der Waals surface area (Å²) in [5.74, 6) is 0. The molecular formula is C10H8Br2N2S. The highest BCUT2D eigenvalue weighted by atomic mass is 79.9. The number of hydrogen-bond donors (Lipinski definition) is 1. The predicted octanol–water partition coefficient (Wildman–Crippen LogP) is 4.28. The maximum absolute atomic E-state index is 4.09. The molecule has 2 aromatic heterocycles. The van der Waals surface area contributed by atoms with E-state index in [1.807, 2.05) is 12.3 Å². The van der Waals surface area contributed by atoms with Crippen LogP contribution < -0.4 is 5.32 Å². The number of aromatic nitrogens is 1. The molecule has 0 radical (unpaired) electrons. The first-order valence-electron chi connectivity index (χ1n) is 4.32. The lowest BCUT2D eigenvalue weighted by Gasteiger charge is -2.04. The molecule has 0 fully saturated rings. The number of rotatable bonds is 3. The number of pyridine rings is 1. The lowest BCUT2D eigenvalue weighted by molar-refractivity contribution is 1.16. The van der Waals surface area contributed by atoms with Gasteiger partial charge in [0.1, 0.15) is 0 Å². The van der Waals surface area contributed by atoms with Crippen molar-refractivity contribution in [2.75, 3.05) is 5.32 Å². The molecule has 2 nitrogen and oxygen atoms in total. The minimum Gasteiger partial charge on any atom is -0.379 e. The monoisotopic (exact) mass is 346 g/mol. The Balaban J connectivity index is 2.02. The van der Waals surface area contributed by atoms with Crippen LogP contribution in [0.3, 0.4) is 0 Å². The van der Waals surface area contributed by atoms with Gasteiger partial charge in [0.05, 0.1) is 18.4 Å². The Labute approximate surface area is 109 Å². The standard InChI is InChI=1S/C10H8Br2N2S/c11-7-3-8(5-13-4-7)14-6-10-9(12)1-2-15-10/h1-5,14H,6H2. The highest BCUT2D eigenvalue weighted by molar-refractivity contribution is 9.10. The summed E-state index contributed by atoms with van der Waals surface area (Å²) in [5.41, 5.74) is 1.02. The molecule has 2 heterocycles. The summed E-state index contributed by atoms with van der Waals surface area (Å²) in [6.45, 7) is 0.816. The number of hydrogen-bond acceptors (Lipinski definition) is 3. The largest absolute Gasteiger partial charge is 0.379 e. The van der Waals surface area contributed by atoms with E-state index >= 15 is 0 Å². The van der Waals surface area contributed by atoms with E-state index in [9.17, 15) is 0 Å². The van der Waals surface area contributed by atoms with Gasteiger partial charge < -0.3 is 5.32 Å². The zero-order valence-electron chi connectivity index (χ0n) is 7.71. The molecule has 0 aromatic carbocycles. The minimum absolute atomic E-state index is 0.816. The van der Waals surface area contributed by atoms with Crippen molar-refractivity contribution in [3.63, 3.8) is 0 Å². The predicted molar refractivity (Wildman–Crippen MR) is 71.3 cm³/mol. The Bertz CT molecular complexity index is 456. The highest BCUT2D eigenvalue weighted by Gasteiger charge is 2.01. The van der Waals surface area contributed by atoms with Crippen LogP contribution in [0.1, 0.15) is 4.88 Å². The second-order valence-corrected chi connectivity index (χ2v) is 5.71. The zero-order chi connectivity index (χ0) is 10.7. The molecule has 0 spiro atoms. The van der Waals surface area contributed by atoms with Gasteiger partial charge >= 0.3 is 0 Å². The molecule has 78 valence electrons. The van der Waals surface area contributed by atoms with E-state index in [1.54, 1.807) is 17.5 Å². The van der Waals surface area contributed by atoms with Gasteiger partial charge in [0.25, 0.3) is 0 Å². The molecule has 0 amide bonds. The van der Waals surface area contributed by atoms with Crippen molar-refractivity contribution in [1.29, 1.82) is 0 Å². The number of thiophene rings is 1. The van der Waals surface area contributed by atoms with Crippen LogP contribution in [-0.4, -0.2) is 4.98 Å². The smallest absolute Gasteiger partial charge is 0.0540 e. The quantitative estimate of drug-likeness (QED) is 0.896. The van der Waals surface area contributed by atoms with Gasteiger partial charge in [0.2, 0.25) is 0 Å². The first-order valence-corrected chi connectivity index (χ1v) is 6.78. The molecule has 0 aliphatic heterocycles. The van der Waals surface area contributed by atoms with Gasteiger partial charge in [-0.25, -0.2) is 0 Å². The summed E-state index contributed by atoms with van der Waals surface area (Å²) in [5, 5.41) is 5.39. The van der Waals surface area contributed by atoms with Crippen LogP contribution in [0.25, 0.3) is 0 Å². The van der Waals surface area contributed by atoms with Crippen molar-refractivity contribution in [1.82, 2.24) is 4.98 Å². The Morgan fingerprint density at radius 3 is 2.87 bits per heavy atom. The Morgan fingerprint density at radius 2 is 2.20 bits per heavy atom. The van der Waals surface area contributed by atoms with Gasteiger partial charge in [-0.15, -0.1) is 11.3 Å². The Kier molecular flexibility index (Phi) is 3.77. The van der Waals surface area contributed by atoms with Gasteiger partial charge in [-0.05, 0) is 49.4 Å². The average molecular weight is 348 g/mol. The topological polar surface area (TPSA) is 24.9 Å². The van der Waals surface area contributed by atoms with Gasteiger partial charge in [-0.2, -0.15) is 0 Å². The van der Waals surface area contributed by atoms with Gasteiger partial charge in [-0.1, -0.05) is 0 Å². The summed E-state index contributed by atoms with van der Waals surface area (Å²) in [6.07, 6.45) is 3.58. The minimum atomic E-state index is 0.816. The molecule has 15 heavy (non-hydrogen) atoms. The van der Waals surface area contributed by atoms with Crippen LogP contribution in [0.2, 0.25) is 0 Å². The second-order valence-electron chi connectivity index (χ2n) is 2.94. The molecule has 0 aliphatic rings. The van der Waals surface area contributed by atoms with Gasteiger partial charge in [0.15, 0.2) is 0 Å². The molecule has 0 bridgehead atoms. The summed E-state index contributed by atoms with van der Waals surface area (Å²) in [4.78, 5) is 5.38. The summed E-state index contributed by atoms with van der Waals surface area (Å²) < 4.78 is 2.14.